The second kappa shape index (κ2) is 4.81. The summed E-state index contributed by atoms with van der Waals surface area (Å²) in [4.78, 5) is 6.94. The van der Waals surface area contributed by atoms with E-state index in [4.69, 9.17) is 5.73 Å². The van der Waals surface area contributed by atoms with Crippen LogP contribution in [0.5, 0.6) is 0 Å². The Morgan fingerprint density at radius 3 is 3.05 bits per heavy atom. The summed E-state index contributed by atoms with van der Waals surface area (Å²) in [6.07, 6.45) is 5.97. The lowest BCUT2D eigenvalue weighted by Gasteiger charge is -2.20. The summed E-state index contributed by atoms with van der Waals surface area (Å²) in [5.74, 6) is 1.35. The maximum absolute atomic E-state index is 5.89. The van der Waals surface area contributed by atoms with E-state index in [1.165, 1.54) is 25.1 Å². The predicted octanol–water partition coefficient (Wildman–Crippen LogP) is 1.58. The molecule has 0 radical (unpaired) electrons. The fourth-order valence-corrected chi connectivity index (χ4v) is 2.91. The summed E-state index contributed by atoms with van der Waals surface area (Å²) in [6, 6.07) is 2.42. The van der Waals surface area contributed by atoms with E-state index in [1.807, 2.05) is 6.20 Å². The van der Waals surface area contributed by atoms with Crippen LogP contribution in [0.2, 0.25) is 0 Å². The van der Waals surface area contributed by atoms with E-state index < -0.39 is 0 Å². The van der Waals surface area contributed by atoms with E-state index in [1.54, 1.807) is 16.8 Å². The predicted molar refractivity (Wildman–Crippen MR) is 75.9 cm³/mol. The number of nitrogens with two attached hydrogens (primary N) is 1. The van der Waals surface area contributed by atoms with Gasteiger partial charge in [0.25, 0.3) is 0 Å². The molecule has 0 spiro atoms. The van der Waals surface area contributed by atoms with Crippen molar-refractivity contribution < 1.29 is 0 Å². The van der Waals surface area contributed by atoms with Crippen molar-refractivity contribution in [3.05, 3.63) is 24.0 Å². The highest BCUT2D eigenvalue weighted by atomic mass is 15.3. The topological polar surface area (TPSA) is 59.5 Å². The zero-order chi connectivity index (χ0) is 13.4. The van der Waals surface area contributed by atoms with E-state index >= 15 is 0 Å². The molecule has 5 heteroatoms. The standard InChI is InChI=1S/C14H21N5/c1-10(2)18-6-4-11(9-18)7-12-8-17-19-13(15)3-5-16-14(12)19/h3,5,8,10-11H,4,6-7,9,15H2,1-2H3. The zero-order valence-corrected chi connectivity index (χ0v) is 11.6. The van der Waals surface area contributed by atoms with Crippen LogP contribution < -0.4 is 5.73 Å². The van der Waals surface area contributed by atoms with Crippen molar-refractivity contribution in [2.75, 3.05) is 18.8 Å². The van der Waals surface area contributed by atoms with Crippen LogP contribution in [-0.4, -0.2) is 38.6 Å². The Morgan fingerprint density at radius 1 is 1.47 bits per heavy atom. The Balaban J connectivity index is 1.78. The Labute approximate surface area is 113 Å². The molecule has 1 unspecified atom stereocenters. The van der Waals surface area contributed by atoms with Gasteiger partial charge in [0, 0.05) is 24.3 Å². The number of likely N-dealkylation sites (tertiary alicyclic amines) is 1. The van der Waals surface area contributed by atoms with Crippen LogP contribution >= 0.6 is 0 Å². The summed E-state index contributed by atoms with van der Waals surface area (Å²) in [5, 5.41) is 4.33. The van der Waals surface area contributed by atoms with E-state index in [0.29, 0.717) is 17.8 Å². The molecule has 1 fully saturated rings. The van der Waals surface area contributed by atoms with Gasteiger partial charge in [-0.3, -0.25) is 0 Å². The molecular formula is C14H21N5. The van der Waals surface area contributed by atoms with Crippen molar-refractivity contribution in [2.24, 2.45) is 5.92 Å². The van der Waals surface area contributed by atoms with Crippen LogP contribution in [-0.2, 0) is 6.42 Å². The number of hydrogen-bond acceptors (Lipinski definition) is 4. The first-order valence-corrected chi connectivity index (χ1v) is 6.96. The van der Waals surface area contributed by atoms with Crippen LogP contribution in [0.1, 0.15) is 25.8 Å². The lowest BCUT2D eigenvalue weighted by Crippen LogP contribution is -2.28. The number of nitrogens with zero attached hydrogens (tertiary/aromatic N) is 4. The molecule has 0 amide bonds. The van der Waals surface area contributed by atoms with Gasteiger partial charge >= 0.3 is 0 Å². The van der Waals surface area contributed by atoms with Crippen molar-refractivity contribution in [1.82, 2.24) is 19.5 Å². The first-order valence-electron chi connectivity index (χ1n) is 6.96. The van der Waals surface area contributed by atoms with Crippen LogP contribution in [0.25, 0.3) is 5.65 Å². The van der Waals surface area contributed by atoms with E-state index in [9.17, 15) is 0 Å². The van der Waals surface area contributed by atoms with Crippen molar-refractivity contribution >= 4 is 11.5 Å². The van der Waals surface area contributed by atoms with Crippen LogP contribution in [0, 0.1) is 5.92 Å². The average Bonchev–Trinajstić information content (AvgIpc) is 2.98. The third kappa shape index (κ3) is 2.30. The van der Waals surface area contributed by atoms with Crippen molar-refractivity contribution in [1.29, 1.82) is 0 Å². The molecule has 1 aliphatic rings. The number of hydrogen-bond donors (Lipinski definition) is 1. The maximum Gasteiger partial charge on any atom is 0.160 e. The second-order valence-electron chi connectivity index (χ2n) is 5.72. The molecule has 2 N–H and O–H groups in total. The Morgan fingerprint density at radius 2 is 2.32 bits per heavy atom. The van der Waals surface area contributed by atoms with Crippen molar-refractivity contribution in [3.8, 4) is 0 Å². The maximum atomic E-state index is 5.89. The third-order valence-corrected chi connectivity index (χ3v) is 4.06. The molecule has 3 rings (SSSR count). The number of fused-ring (bicyclic) bond motifs is 1. The Kier molecular flexibility index (Phi) is 3.14. The molecular weight excluding hydrogens is 238 g/mol. The first kappa shape index (κ1) is 12.4. The molecule has 0 saturated carbocycles. The van der Waals surface area contributed by atoms with Gasteiger partial charge in [0.1, 0.15) is 5.82 Å². The minimum absolute atomic E-state index is 0.641. The van der Waals surface area contributed by atoms with Crippen LogP contribution in [0.3, 0.4) is 0 Å². The average molecular weight is 259 g/mol. The molecule has 1 atom stereocenters. The van der Waals surface area contributed by atoms with E-state index in [-0.39, 0.29) is 0 Å². The number of rotatable bonds is 3. The molecule has 2 aromatic rings. The lowest BCUT2D eigenvalue weighted by atomic mass is 10.0. The summed E-state index contributed by atoms with van der Waals surface area (Å²) >= 11 is 0. The number of aromatic nitrogens is 3. The quantitative estimate of drug-likeness (QED) is 0.909. The molecule has 102 valence electrons. The fraction of sp³-hybridized carbons (Fsp3) is 0.571. The minimum atomic E-state index is 0.641. The highest BCUT2D eigenvalue weighted by Gasteiger charge is 2.25. The monoisotopic (exact) mass is 259 g/mol. The van der Waals surface area contributed by atoms with Gasteiger partial charge in [-0.25, -0.2) is 4.98 Å². The molecule has 5 nitrogen and oxygen atoms in total. The summed E-state index contributed by atoms with van der Waals surface area (Å²) in [6.45, 7) is 6.91. The largest absolute Gasteiger partial charge is 0.384 e. The SMILES string of the molecule is CC(C)N1CCC(Cc2cnn3c(N)ccnc23)C1. The van der Waals surface area contributed by atoms with Gasteiger partial charge in [-0.1, -0.05) is 0 Å². The van der Waals surface area contributed by atoms with Gasteiger partial charge < -0.3 is 10.6 Å². The minimum Gasteiger partial charge on any atom is -0.384 e. The lowest BCUT2D eigenvalue weighted by molar-refractivity contribution is 0.265. The number of anilines is 1. The van der Waals surface area contributed by atoms with E-state index in [0.717, 1.165) is 12.1 Å². The van der Waals surface area contributed by atoms with Gasteiger partial charge in [-0.05, 0) is 45.2 Å². The van der Waals surface area contributed by atoms with Gasteiger partial charge in [0.15, 0.2) is 5.65 Å². The molecule has 2 aromatic heterocycles. The van der Waals surface area contributed by atoms with Gasteiger partial charge in [0.05, 0.1) is 6.20 Å². The van der Waals surface area contributed by atoms with Crippen LogP contribution in [0.15, 0.2) is 18.5 Å². The molecule has 0 aromatic carbocycles. The van der Waals surface area contributed by atoms with Gasteiger partial charge in [0.2, 0.25) is 0 Å². The first-order chi connectivity index (χ1) is 9.15. The Bertz CT molecular complexity index is 574. The van der Waals surface area contributed by atoms with Crippen LogP contribution in [0.4, 0.5) is 5.82 Å². The normalized spacial score (nSPS) is 20.7. The van der Waals surface area contributed by atoms with Gasteiger partial charge in [-0.2, -0.15) is 9.61 Å². The van der Waals surface area contributed by atoms with Crippen molar-refractivity contribution in [2.45, 2.75) is 32.7 Å². The fourth-order valence-electron chi connectivity index (χ4n) is 2.91. The zero-order valence-electron chi connectivity index (χ0n) is 11.6. The van der Waals surface area contributed by atoms with Gasteiger partial charge in [-0.15, -0.1) is 0 Å². The molecule has 19 heavy (non-hydrogen) atoms. The van der Waals surface area contributed by atoms with Crippen molar-refractivity contribution in [3.63, 3.8) is 0 Å². The molecule has 1 saturated heterocycles. The number of nitrogen functional groups attached to an aromatic ring is 1. The third-order valence-electron chi connectivity index (χ3n) is 4.06. The highest BCUT2D eigenvalue weighted by molar-refractivity contribution is 5.51. The van der Waals surface area contributed by atoms with E-state index in [2.05, 4.69) is 28.8 Å². The highest BCUT2D eigenvalue weighted by Crippen LogP contribution is 2.24. The molecule has 0 bridgehead atoms. The Hall–Kier alpha value is -1.62. The smallest absolute Gasteiger partial charge is 0.160 e. The molecule has 3 heterocycles. The summed E-state index contributed by atoms with van der Waals surface area (Å²) in [7, 11) is 0. The summed E-state index contributed by atoms with van der Waals surface area (Å²) < 4.78 is 1.73. The summed E-state index contributed by atoms with van der Waals surface area (Å²) in [5.41, 5.74) is 8.01. The molecule has 0 aliphatic carbocycles. The second-order valence-corrected chi connectivity index (χ2v) is 5.72. The molecule has 1 aliphatic heterocycles.